The monoisotopic (exact) mass is 452 g/mol. The van der Waals surface area contributed by atoms with Gasteiger partial charge in [0.25, 0.3) is 0 Å². The Labute approximate surface area is 198 Å². The average Bonchev–Trinajstić information content (AvgIpc) is 2.77. The normalized spacial score (nSPS) is 13.2. The predicted octanol–water partition coefficient (Wildman–Crippen LogP) is 8.47. The fourth-order valence-corrected chi connectivity index (χ4v) is 3.45. The van der Waals surface area contributed by atoms with Crippen LogP contribution >= 0.6 is 0 Å². The molecule has 0 bridgehead atoms. The van der Waals surface area contributed by atoms with Gasteiger partial charge in [-0.05, 0) is 65.2 Å². The summed E-state index contributed by atoms with van der Waals surface area (Å²) >= 11 is 0. The van der Waals surface area contributed by atoms with Crippen molar-refractivity contribution in [3.63, 3.8) is 0 Å². The first-order valence-corrected chi connectivity index (χ1v) is 13.5. The Morgan fingerprint density at radius 2 is 0.875 bits per heavy atom. The van der Waals surface area contributed by atoms with Crippen molar-refractivity contribution in [1.29, 1.82) is 0 Å². The van der Waals surface area contributed by atoms with E-state index in [0.717, 1.165) is 51.4 Å². The molecule has 4 heteroatoms. The molecule has 2 unspecified atom stereocenters. The Kier molecular flexibility index (Phi) is 21.9. The molecule has 0 amide bonds. The highest BCUT2D eigenvalue weighted by Crippen LogP contribution is 2.13. The Bertz CT molecular complexity index is 472. The highest BCUT2D eigenvalue weighted by molar-refractivity contribution is 5.69. The summed E-state index contributed by atoms with van der Waals surface area (Å²) in [6.07, 6.45) is 24.4. The lowest BCUT2D eigenvalue weighted by Crippen LogP contribution is -2.13. The van der Waals surface area contributed by atoms with Crippen LogP contribution in [0.2, 0.25) is 0 Å². The van der Waals surface area contributed by atoms with E-state index in [-0.39, 0.29) is 24.1 Å². The first-order valence-electron chi connectivity index (χ1n) is 13.5. The first-order chi connectivity index (χ1) is 15.5. The van der Waals surface area contributed by atoms with Gasteiger partial charge < -0.3 is 9.47 Å². The van der Waals surface area contributed by atoms with Crippen LogP contribution in [-0.4, -0.2) is 24.1 Å². The molecule has 0 aliphatic rings. The molecule has 0 rings (SSSR count). The Morgan fingerprint density at radius 1 is 0.562 bits per heavy atom. The molecule has 0 fully saturated rings. The molecule has 0 spiro atoms. The molecule has 0 heterocycles. The van der Waals surface area contributed by atoms with Crippen LogP contribution in [0, 0.1) is 0 Å². The third-order valence-corrected chi connectivity index (χ3v) is 5.99. The van der Waals surface area contributed by atoms with Crippen LogP contribution in [0.15, 0.2) is 12.2 Å². The van der Waals surface area contributed by atoms with Crippen molar-refractivity contribution in [2.45, 2.75) is 155 Å². The number of hydrogen-bond donors (Lipinski definition) is 0. The predicted molar refractivity (Wildman–Crippen MR) is 135 cm³/mol. The number of carbonyl (C=O) groups is 2. The van der Waals surface area contributed by atoms with E-state index >= 15 is 0 Å². The maximum atomic E-state index is 11.6. The van der Waals surface area contributed by atoms with E-state index in [0.29, 0.717) is 12.8 Å². The van der Waals surface area contributed by atoms with Gasteiger partial charge >= 0.3 is 11.9 Å². The molecule has 0 N–H and O–H groups in total. The van der Waals surface area contributed by atoms with Gasteiger partial charge in [0.15, 0.2) is 0 Å². The summed E-state index contributed by atoms with van der Waals surface area (Å²) in [7, 11) is 0. The number of rotatable bonds is 22. The molecule has 0 aliphatic heterocycles. The number of allylic oxidation sites excluding steroid dienone is 2. The van der Waals surface area contributed by atoms with Gasteiger partial charge in [-0.25, -0.2) is 0 Å². The zero-order chi connectivity index (χ0) is 23.9. The number of carbonyl (C=O) groups excluding carboxylic acids is 2. The van der Waals surface area contributed by atoms with Gasteiger partial charge in [-0.3, -0.25) is 9.59 Å². The van der Waals surface area contributed by atoms with Crippen molar-refractivity contribution in [3.05, 3.63) is 12.2 Å². The zero-order valence-electron chi connectivity index (χ0n) is 21.7. The minimum atomic E-state index is -0.0472. The van der Waals surface area contributed by atoms with E-state index in [1.165, 1.54) is 51.4 Å². The molecule has 0 radical (unpaired) electrons. The third-order valence-electron chi connectivity index (χ3n) is 5.99. The van der Waals surface area contributed by atoms with Gasteiger partial charge in [0.05, 0.1) is 12.2 Å². The maximum Gasteiger partial charge on any atom is 0.306 e. The second-order valence-electron chi connectivity index (χ2n) is 9.21. The van der Waals surface area contributed by atoms with E-state index in [2.05, 4.69) is 12.2 Å². The van der Waals surface area contributed by atoms with Gasteiger partial charge in [-0.2, -0.15) is 0 Å². The second-order valence-corrected chi connectivity index (χ2v) is 9.21. The van der Waals surface area contributed by atoms with E-state index in [4.69, 9.17) is 9.47 Å². The van der Waals surface area contributed by atoms with Crippen molar-refractivity contribution in [3.8, 4) is 0 Å². The van der Waals surface area contributed by atoms with Crippen LogP contribution in [0.1, 0.15) is 143 Å². The molecular weight excluding hydrogens is 400 g/mol. The van der Waals surface area contributed by atoms with Crippen LogP contribution in [0.25, 0.3) is 0 Å². The average molecular weight is 453 g/mol. The van der Waals surface area contributed by atoms with Gasteiger partial charge in [0, 0.05) is 12.8 Å². The minimum Gasteiger partial charge on any atom is -0.463 e. The minimum absolute atomic E-state index is 0.0347. The summed E-state index contributed by atoms with van der Waals surface area (Å²) in [5.74, 6) is -0.0820. The molecule has 2 atom stereocenters. The zero-order valence-corrected chi connectivity index (χ0v) is 21.7. The third kappa shape index (κ3) is 21.9. The quantitative estimate of drug-likeness (QED) is 0.0938. The van der Waals surface area contributed by atoms with Gasteiger partial charge in [-0.1, -0.05) is 77.4 Å². The SMILES string of the molecule is CCC(C)OC(=O)CCCCC/C=C/CCCCCCCCCCCC(=O)OC(C)CC. The Balaban J connectivity index is 3.28. The number of hydrogen-bond acceptors (Lipinski definition) is 4. The lowest BCUT2D eigenvalue weighted by atomic mass is 10.1. The van der Waals surface area contributed by atoms with Gasteiger partial charge in [0.1, 0.15) is 0 Å². The smallest absolute Gasteiger partial charge is 0.306 e. The maximum absolute atomic E-state index is 11.6. The van der Waals surface area contributed by atoms with Gasteiger partial charge in [0.2, 0.25) is 0 Å². The molecule has 188 valence electrons. The van der Waals surface area contributed by atoms with Crippen molar-refractivity contribution in [1.82, 2.24) is 0 Å². The van der Waals surface area contributed by atoms with Crippen LogP contribution in [-0.2, 0) is 19.1 Å². The molecule has 0 saturated carbocycles. The Hall–Kier alpha value is -1.32. The molecule has 0 aliphatic carbocycles. The summed E-state index contributed by atoms with van der Waals surface area (Å²) < 4.78 is 10.6. The van der Waals surface area contributed by atoms with Crippen LogP contribution in [0.3, 0.4) is 0 Å². The fourth-order valence-electron chi connectivity index (χ4n) is 3.45. The standard InChI is InChI=1S/C28H52O4/c1-5-25(3)31-27(29)23-21-19-17-15-13-11-9-7-8-10-12-14-16-18-20-22-24-28(30)32-26(4)6-2/h11,13,25-26H,5-10,12,14-24H2,1-4H3/b13-11+. The lowest BCUT2D eigenvalue weighted by molar-refractivity contribution is -0.149. The molecular formula is C28H52O4. The molecule has 0 aromatic rings. The molecule has 0 saturated heterocycles. The van der Waals surface area contributed by atoms with Crippen molar-refractivity contribution < 1.29 is 19.1 Å². The number of esters is 2. The van der Waals surface area contributed by atoms with Crippen LogP contribution in [0.5, 0.6) is 0 Å². The topological polar surface area (TPSA) is 52.6 Å². The first kappa shape index (κ1) is 30.7. The van der Waals surface area contributed by atoms with Crippen molar-refractivity contribution in [2.75, 3.05) is 0 Å². The van der Waals surface area contributed by atoms with E-state index < -0.39 is 0 Å². The molecule has 0 aromatic carbocycles. The molecule has 4 nitrogen and oxygen atoms in total. The van der Waals surface area contributed by atoms with Crippen LogP contribution in [0.4, 0.5) is 0 Å². The van der Waals surface area contributed by atoms with Crippen LogP contribution < -0.4 is 0 Å². The van der Waals surface area contributed by atoms with E-state index in [9.17, 15) is 9.59 Å². The summed E-state index contributed by atoms with van der Waals surface area (Å²) in [6, 6.07) is 0. The largest absolute Gasteiger partial charge is 0.463 e. The lowest BCUT2D eigenvalue weighted by Gasteiger charge is -2.10. The number of unbranched alkanes of at least 4 members (excludes halogenated alkanes) is 12. The number of ether oxygens (including phenoxy) is 2. The van der Waals surface area contributed by atoms with Crippen molar-refractivity contribution in [2.24, 2.45) is 0 Å². The summed E-state index contributed by atoms with van der Waals surface area (Å²) in [6.45, 7) is 7.97. The summed E-state index contributed by atoms with van der Waals surface area (Å²) in [5, 5.41) is 0. The Morgan fingerprint density at radius 3 is 1.25 bits per heavy atom. The highest BCUT2D eigenvalue weighted by atomic mass is 16.5. The van der Waals surface area contributed by atoms with E-state index in [1.807, 2.05) is 27.7 Å². The summed E-state index contributed by atoms with van der Waals surface area (Å²) in [5.41, 5.74) is 0. The van der Waals surface area contributed by atoms with Crippen molar-refractivity contribution >= 4 is 11.9 Å². The second kappa shape index (κ2) is 22.9. The fraction of sp³-hybridized carbons (Fsp3) is 0.857. The van der Waals surface area contributed by atoms with Gasteiger partial charge in [-0.15, -0.1) is 0 Å². The molecule has 32 heavy (non-hydrogen) atoms. The highest BCUT2D eigenvalue weighted by Gasteiger charge is 2.07. The molecule has 0 aromatic heterocycles. The summed E-state index contributed by atoms with van der Waals surface area (Å²) in [4.78, 5) is 23.2. The van der Waals surface area contributed by atoms with E-state index in [1.54, 1.807) is 0 Å².